The molecule has 0 aliphatic carbocycles. The number of nitrogens with zero attached hydrogens (tertiary/aromatic N) is 3. The van der Waals surface area contributed by atoms with Crippen molar-refractivity contribution < 1.29 is 9.53 Å². The fourth-order valence-electron chi connectivity index (χ4n) is 4.35. The van der Waals surface area contributed by atoms with Crippen LogP contribution < -0.4 is 5.73 Å². The zero-order chi connectivity index (χ0) is 22.1. The lowest BCUT2D eigenvalue weighted by Crippen LogP contribution is -2.38. The number of nitrogens with two attached hydrogens (primary N) is 1. The van der Waals surface area contributed by atoms with Gasteiger partial charge in [-0.2, -0.15) is 0 Å². The average Bonchev–Trinajstić information content (AvgIpc) is 3.05. The van der Waals surface area contributed by atoms with Gasteiger partial charge >= 0.3 is 5.97 Å². The Kier molecular flexibility index (Phi) is 6.12. The number of hydrogen-bond donors (Lipinski definition) is 1. The number of rotatable bonds is 6. The molecule has 3 aromatic rings. The molecule has 0 fully saturated rings. The Hall–Kier alpha value is -2.70. The molecule has 0 saturated carbocycles. The highest BCUT2D eigenvalue weighted by molar-refractivity contribution is 5.86. The van der Waals surface area contributed by atoms with Crippen LogP contribution in [-0.2, 0) is 29.0 Å². The van der Waals surface area contributed by atoms with Crippen molar-refractivity contribution in [3.05, 3.63) is 65.1 Å². The molecule has 0 amide bonds. The summed E-state index contributed by atoms with van der Waals surface area (Å²) in [6.07, 6.45) is 4.02. The molecule has 0 radical (unpaired) electrons. The smallest absolute Gasteiger partial charge is 0.323 e. The molecule has 1 aliphatic heterocycles. The fraction of sp³-hybridized carbons (Fsp3) is 0.440. The molecule has 3 heterocycles. The minimum Gasteiger partial charge on any atom is -0.454 e. The molecule has 2 unspecified atom stereocenters. The van der Waals surface area contributed by atoms with Gasteiger partial charge in [0.25, 0.3) is 0 Å². The van der Waals surface area contributed by atoms with Gasteiger partial charge < -0.3 is 19.9 Å². The topological polar surface area (TPSA) is 73.4 Å². The SMILES string of the molecule is Cc1ccc2c(c1)c1c(n2CC(OC(=O)C(N)C(C)C)c2ccncc2)CCN(C)C1. The number of likely N-dealkylation sites (N-methyl/N-ethyl adjacent to an activating group) is 1. The van der Waals surface area contributed by atoms with Crippen molar-refractivity contribution in [1.29, 1.82) is 0 Å². The van der Waals surface area contributed by atoms with Gasteiger partial charge in [0.15, 0.2) is 0 Å². The fourth-order valence-corrected chi connectivity index (χ4v) is 4.35. The van der Waals surface area contributed by atoms with E-state index in [4.69, 9.17) is 10.5 Å². The van der Waals surface area contributed by atoms with Crippen LogP contribution in [-0.4, -0.2) is 40.1 Å². The first kappa shape index (κ1) is 21.5. The Balaban J connectivity index is 1.76. The second kappa shape index (κ2) is 8.81. The van der Waals surface area contributed by atoms with E-state index in [1.165, 1.54) is 27.7 Å². The number of carbonyl (C=O) groups is 1. The molecule has 31 heavy (non-hydrogen) atoms. The maximum absolute atomic E-state index is 12.8. The molecular weight excluding hydrogens is 388 g/mol. The summed E-state index contributed by atoms with van der Waals surface area (Å²) in [5.74, 6) is -0.345. The molecule has 0 bridgehead atoms. The molecule has 4 rings (SSSR count). The number of esters is 1. The van der Waals surface area contributed by atoms with Crippen LogP contribution in [0.4, 0.5) is 0 Å². The van der Waals surface area contributed by atoms with E-state index >= 15 is 0 Å². The van der Waals surface area contributed by atoms with E-state index in [-0.39, 0.29) is 11.9 Å². The summed E-state index contributed by atoms with van der Waals surface area (Å²) in [4.78, 5) is 19.2. The number of pyridine rings is 1. The third kappa shape index (κ3) is 4.36. The lowest BCUT2D eigenvalue weighted by atomic mass is 10.0. The maximum Gasteiger partial charge on any atom is 0.323 e. The van der Waals surface area contributed by atoms with Crippen LogP contribution in [0.1, 0.15) is 42.3 Å². The van der Waals surface area contributed by atoms with E-state index in [0.29, 0.717) is 6.54 Å². The summed E-state index contributed by atoms with van der Waals surface area (Å²) in [5, 5.41) is 1.29. The van der Waals surface area contributed by atoms with E-state index in [9.17, 15) is 4.79 Å². The van der Waals surface area contributed by atoms with Crippen LogP contribution in [0.2, 0.25) is 0 Å². The molecule has 1 aromatic carbocycles. The molecule has 2 aromatic heterocycles. The first-order valence-corrected chi connectivity index (χ1v) is 11.0. The molecule has 1 aliphatic rings. The summed E-state index contributed by atoms with van der Waals surface area (Å²) in [7, 11) is 2.16. The number of carbonyl (C=O) groups excluding carboxylic acids is 1. The predicted molar refractivity (Wildman–Crippen MR) is 123 cm³/mol. The number of benzene rings is 1. The lowest BCUT2D eigenvalue weighted by Gasteiger charge is -2.27. The van der Waals surface area contributed by atoms with E-state index < -0.39 is 12.1 Å². The monoisotopic (exact) mass is 420 g/mol. The van der Waals surface area contributed by atoms with Crippen molar-refractivity contribution in [1.82, 2.24) is 14.5 Å². The number of hydrogen-bond acceptors (Lipinski definition) is 5. The van der Waals surface area contributed by atoms with Crippen LogP contribution in [0, 0.1) is 12.8 Å². The van der Waals surface area contributed by atoms with Crippen molar-refractivity contribution in [2.45, 2.75) is 52.4 Å². The molecule has 6 nitrogen and oxygen atoms in total. The van der Waals surface area contributed by atoms with Gasteiger partial charge in [0.1, 0.15) is 12.1 Å². The zero-order valence-corrected chi connectivity index (χ0v) is 18.8. The molecule has 0 spiro atoms. The summed E-state index contributed by atoms with van der Waals surface area (Å²) < 4.78 is 8.34. The van der Waals surface area contributed by atoms with Gasteiger partial charge in [-0.05, 0) is 55.3 Å². The lowest BCUT2D eigenvalue weighted by molar-refractivity contribution is -0.153. The Morgan fingerprint density at radius 3 is 2.68 bits per heavy atom. The van der Waals surface area contributed by atoms with Crippen LogP contribution in [0.3, 0.4) is 0 Å². The number of aromatic nitrogens is 2. The number of ether oxygens (including phenoxy) is 1. The second-order valence-corrected chi connectivity index (χ2v) is 9.02. The van der Waals surface area contributed by atoms with Crippen molar-refractivity contribution >= 4 is 16.9 Å². The molecule has 2 atom stereocenters. The first-order valence-electron chi connectivity index (χ1n) is 11.0. The summed E-state index contributed by atoms with van der Waals surface area (Å²) in [6, 6.07) is 9.79. The van der Waals surface area contributed by atoms with Gasteiger partial charge in [0, 0.05) is 48.5 Å². The van der Waals surface area contributed by atoms with Gasteiger partial charge in [-0.25, -0.2) is 0 Å². The first-order chi connectivity index (χ1) is 14.8. The Morgan fingerprint density at radius 2 is 1.97 bits per heavy atom. The normalized spacial score (nSPS) is 16.3. The molecule has 0 saturated heterocycles. The third-order valence-corrected chi connectivity index (χ3v) is 6.28. The van der Waals surface area contributed by atoms with E-state index in [1.807, 2.05) is 26.0 Å². The summed E-state index contributed by atoms with van der Waals surface area (Å²) >= 11 is 0. The van der Waals surface area contributed by atoms with Gasteiger partial charge in [-0.15, -0.1) is 0 Å². The molecule has 164 valence electrons. The van der Waals surface area contributed by atoms with Gasteiger partial charge in [0.05, 0.1) is 6.54 Å². The van der Waals surface area contributed by atoms with E-state index in [1.54, 1.807) is 12.4 Å². The van der Waals surface area contributed by atoms with Crippen LogP contribution in [0.25, 0.3) is 10.9 Å². The van der Waals surface area contributed by atoms with Crippen LogP contribution in [0.5, 0.6) is 0 Å². The standard InChI is InChI=1S/C25H32N4O2/c1-16(2)24(26)25(30)31-23(18-7-10-27-11-8-18)15-29-21-6-5-17(3)13-19(21)20-14-28(4)12-9-22(20)29/h5-8,10-11,13,16,23-24H,9,12,14-15,26H2,1-4H3. The highest BCUT2D eigenvalue weighted by atomic mass is 16.5. The summed E-state index contributed by atoms with van der Waals surface area (Å²) in [5.41, 5.74) is 12.2. The highest BCUT2D eigenvalue weighted by Crippen LogP contribution is 2.33. The van der Waals surface area contributed by atoms with E-state index in [0.717, 1.165) is 25.1 Å². The maximum atomic E-state index is 12.8. The molecular formula is C25H32N4O2. The van der Waals surface area contributed by atoms with Crippen molar-refractivity contribution in [2.24, 2.45) is 11.7 Å². The average molecular weight is 421 g/mol. The number of aryl methyl sites for hydroxylation is 1. The predicted octanol–water partition coefficient (Wildman–Crippen LogP) is 3.60. The minimum absolute atomic E-state index is 0.0178. The van der Waals surface area contributed by atoms with Gasteiger partial charge in [0.2, 0.25) is 0 Å². The Labute approximate surface area is 184 Å². The minimum atomic E-state index is -0.643. The third-order valence-electron chi connectivity index (χ3n) is 6.28. The van der Waals surface area contributed by atoms with Crippen LogP contribution >= 0.6 is 0 Å². The van der Waals surface area contributed by atoms with Crippen molar-refractivity contribution in [3.8, 4) is 0 Å². The molecule has 2 N–H and O–H groups in total. The second-order valence-electron chi connectivity index (χ2n) is 9.02. The van der Waals surface area contributed by atoms with E-state index in [2.05, 4.69) is 46.6 Å². The van der Waals surface area contributed by atoms with Crippen molar-refractivity contribution in [3.63, 3.8) is 0 Å². The largest absolute Gasteiger partial charge is 0.454 e. The van der Waals surface area contributed by atoms with Gasteiger partial charge in [-0.3, -0.25) is 9.78 Å². The quantitative estimate of drug-likeness (QED) is 0.617. The summed E-state index contributed by atoms with van der Waals surface area (Å²) in [6.45, 7) is 8.49. The number of fused-ring (bicyclic) bond motifs is 3. The Morgan fingerprint density at radius 1 is 1.23 bits per heavy atom. The van der Waals surface area contributed by atoms with Crippen molar-refractivity contribution in [2.75, 3.05) is 13.6 Å². The Bertz CT molecular complexity index is 1070. The highest BCUT2D eigenvalue weighted by Gasteiger charge is 2.28. The van der Waals surface area contributed by atoms with Gasteiger partial charge in [-0.1, -0.05) is 25.5 Å². The molecule has 6 heteroatoms. The van der Waals surface area contributed by atoms with Crippen LogP contribution in [0.15, 0.2) is 42.7 Å². The zero-order valence-electron chi connectivity index (χ0n) is 18.8.